The molecule has 0 fully saturated rings. The van der Waals surface area contributed by atoms with Crippen LogP contribution >= 0.6 is 11.3 Å². The van der Waals surface area contributed by atoms with Gasteiger partial charge < -0.3 is 10.3 Å². The van der Waals surface area contributed by atoms with E-state index in [1.165, 1.54) is 0 Å². The first-order chi connectivity index (χ1) is 7.04. The van der Waals surface area contributed by atoms with Crippen LogP contribution in [-0.2, 0) is 0 Å². The highest BCUT2D eigenvalue weighted by Gasteiger charge is 2.12. The molecule has 3 nitrogen and oxygen atoms in total. The summed E-state index contributed by atoms with van der Waals surface area (Å²) in [5, 5.41) is 6.38. The fourth-order valence-corrected chi connectivity index (χ4v) is 2.18. The van der Waals surface area contributed by atoms with Gasteiger partial charge in [-0.1, -0.05) is 0 Å². The minimum Gasteiger partial charge on any atom is -0.360 e. The molecule has 2 aromatic heterocycles. The van der Waals surface area contributed by atoms with Gasteiger partial charge in [-0.15, -0.1) is 11.3 Å². The highest BCUT2D eigenvalue weighted by molar-refractivity contribution is 7.14. The predicted molar refractivity (Wildman–Crippen MR) is 65.3 cm³/mol. The van der Waals surface area contributed by atoms with Gasteiger partial charge in [-0.3, -0.25) is 0 Å². The molecule has 2 heterocycles. The molecule has 0 aliphatic carbocycles. The molecule has 0 bridgehead atoms. The Balaban J connectivity index is 2.18. The number of hydrogen-bond donors (Lipinski definition) is 2. The van der Waals surface area contributed by atoms with Gasteiger partial charge in [0.1, 0.15) is 0 Å². The third-order valence-electron chi connectivity index (χ3n) is 1.86. The van der Waals surface area contributed by atoms with Crippen molar-refractivity contribution in [3.63, 3.8) is 0 Å². The lowest BCUT2D eigenvalue weighted by molar-refractivity contribution is 0.633. The summed E-state index contributed by atoms with van der Waals surface area (Å²) in [5.41, 5.74) is 2.12. The molecule has 0 saturated carbocycles. The maximum absolute atomic E-state index is 4.51. The molecule has 0 aromatic carbocycles. The fourth-order valence-electron chi connectivity index (χ4n) is 1.27. The summed E-state index contributed by atoms with van der Waals surface area (Å²) >= 11 is 1.63. The molecule has 0 atom stereocenters. The van der Waals surface area contributed by atoms with Crippen LogP contribution in [0.2, 0.25) is 0 Å². The largest absolute Gasteiger partial charge is 0.360 e. The van der Waals surface area contributed by atoms with Crippen LogP contribution in [0.3, 0.4) is 0 Å². The van der Waals surface area contributed by atoms with Crippen molar-refractivity contribution in [1.82, 2.24) is 9.97 Å². The second-order valence-electron chi connectivity index (χ2n) is 4.50. The van der Waals surface area contributed by atoms with Crippen molar-refractivity contribution < 1.29 is 0 Å². The van der Waals surface area contributed by atoms with E-state index >= 15 is 0 Å². The molecule has 80 valence electrons. The molecule has 0 aliphatic heterocycles. The van der Waals surface area contributed by atoms with Gasteiger partial charge in [0.25, 0.3) is 0 Å². The standard InChI is InChI=1S/C11H15N3S/c1-11(2,3)14-10-13-9(7-15-10)8-5-4-6-12-8/h4-7,12H,1-3H3,(H,13,14). The Hall–Kier alpha value is -1.29. The summed E-state index contributed by atoms with van der Waals surface area (Å²) in [6.45, 7) is 6.38. The van der Waals surface area contributed by atoms with Crippen LogP contribution in [0.15, 0.2) is 23.7 Å². The van der Waals surface area contributed by atoms with Crippen LogP contribution in [0.1, 0.15) is 20.8 Å². The molecule has 0 saturated heterocycles. The van der Waals surface area contributed by atoms with Crippen molar-refractivity contribution in [2.24, 2.45) is 0 Å². The van der Waals surface area contributed by atoms with E-state index in [0.29, 0.717) is 0 Å². The molecular weight excluding hydrogens is 206 g/mol. The number of nitrogens with zero attached hydrogens (tertiary/aromatic N) is 1. The molecule has 0 radical (unpaired) electrons. The van der Waals surface area contributed by atoms with E-state index in [-0.39, 0.29) is 5.54 Å². The molecule has 2 rings (SSSR count). The summed E-state index contributed by atoms with van der Waals surface area (Å²) in [6.07, 6.45) is 1.91. The molecule has 2 aromatic rings. The van der Waals surface area contributed by atoms with Gasteiger partial charge >= 0.3 is 0 Å². The van der Waals surface area contributed by atoms with Crippen molar-refractivity contribution in [3.8, 4) is 11.4 Å². The fraction of sp³-hybridized carbons (Fsp3) is 0.364. The van der Waals surface area contributed by atoms with Crippen molar-refractivity contribution >= 4 is 16.5 Å². The Morgan fingerprint density at radius 1 is 1.40 bits per heavy atom. The highest BCUT2D eigenvalue weighted by Crippen LogP contribution is 2.25. The van der Waals surface area contributed by atoms with Gasteiger partial charge in [0.2, 0.25) is 0 Å². The van der Waals surface area contributed by atoms with Crippen LogP contribution in [0.5, 0.6) is 0 Å². The monoisotopic (exact) mass is 221 g/mol. The number of nitrogens with one attached hydrogen (secondary N) is 2. The van der Waals surface area contributed by atoms with Gasteiger partial charge in [-0.2, -0.15) is 0 Å². The Labute approximate surface area is 93.6 Å². The molecule has 0 spiro atoms. The van der Waals surface area contributed by atoms with Crippen LogP contribution in [0.4, 0.5) is 5.13 Å². The summed E-state index contributed by atoms with van der Waals surface area (Å²) < 4.78 is 0. The van der Waals surface area contributed by atoms with E-state index in [1.54, 1.807) is 11.3 Å². The first kappa shape index (κ1) is 10.2. The van der Waals surface area contributed by atoms with E-state index in [0.717, 1.165) is 16.5 Å². The minimum atomic E-state index is 0.0604. The smallest absolute Gasteiger partial charge is 0.183 e. The lowest BCUT2D eigenvalue weighted by Crippen LogP contribution is -2.25. The Kier molecular flexibility index (Phi) is 2.52. The van der Waals surface area contributed by atoms with Gasteiger partial charge in [-0.05, 0) is 32.9 Å². The molecule has 0 aliphatic rings. The van der Waals surface area contributed by atoms with E-state index in [4.69, 9.17) is 0 Å². The zero-order valence-corrected chi connectivity index (χ0v) is 9.98. The number of anilines is 1. The average Bonchev–Trinajstić information content (AvgIpc) is 2.68. The van der Waals surface area contributed by atoms with E-state index in [2.05, 4.69) is 41.4 Å². The maximum Gasteiger partial charge on any atom is 0.183 e. The van der Waals surface area contributed by atoms with Crippen LogP contribution in [-0.4, -0.2) is 15.5 Å². The Bertz CT molecular complexity index is 423. The SMILES string of the molecule is CC(C)(C)Nc1nc(-c2ccc[nH]2)cs1. The Morgan fingerprint density at radius 2 is 2.20 bits per heavy atom. The number of hydrogen-bond acceptors (Lipinski definition) is 3. The first-order valence-corrected chi connectivity index (χ1v) is 5.80. The molecule has 0 amide bonds. The number of rotatable bonds is 2. The first-order valence-electron chi connectivity index (χ1n) is 4.92. The normalized spacial score (nSPS) is 11.7. The Morgan fingerprint density at radius 3 is 2.80 bits per heavy atom. The zero-order valence-electron chi connectivity index (χ0n) is 9.16. The van der Waals surface area contributed by atoms with Crippen molar-refractivity contribution in [1.29, 1.82) is 0 Å². The lowest BCUT2D eigenvalue weighted by Gasteiger charge is -2.19. The third kappa shape index (κ3) is 2.59. The van der Waals surface area contributed by atoms with Gasteiger partial charge in [0, 0.05) is 17.1 Å². The summed E-state index contributed by atoms with van der Waals surface area (Å²) in [5.74, 6) is 0. The van der Waals surface area contributed by atoms with Crippen molar-refractivity contribution in [2.45, 2.75) is 26.3 Å². The molecule has 15 heavy (non-hydrogen) atoms. The van der Waals surface area contributed by atoms with Crippen LogP contribution in [0.25, 0.3) is 11.4 Å². The summed E-state index contributed by atoms with van der Waals surface area (Å²) in [7, 11) is 0. The molecule has 4 heteroatoms. The summed E-state index contributed by atoms with van der Waals surface area (Å²) in [4.78, 5) is 7.66. The van der Waals surface area contributed by atoms with Gasteiger partial charge in [0.15, 0.2) is 5.13 Å². The molecule has 0 unspecified atom stereocenters. The highest BCUT2D eigenvalue weighted by atomic mass is 32.1. The van der Waals surface area contributed by atoms with E-state index < -0.39 is 0 Å². The number of H-pyrrole nitrogens is 1. The second kappa shape index (κ2) is 3.70. The molecular formula is C11H15N3S. The van der Waals surface area contributed by atoms with Crippen molar-refractivity contribution in [3.05, 3.63) is 23.7 Å². The quantitative estimate of drug-likeness (QED) is 0.816. The average molecular weight is 221 g/mol. The second-order valence-corrected chi connectivity index (χ2v) is 5.35. The van der Waals surface area contributed by atoms with Crippen LogP contribution in [0, 0.1) is 0 Å². The van der Waals surface area contributed by atoms with Crippen LogP contribution < -0.4 is 5.32 Å². The number of aromatic nitrogens is 2. The van der Waals surface area contributed by atoms with Gasteiger partial charge in [0.05, 0.1) is 11.4 Å². The topological polar surface area (TPSA) is 40.7 Å². The zero-order chi connectivity index (χ0) is 10.9. The predicted octanol–water partition coefficient (Wildman–Crippen LogP) is 3.35. The van der Waals surface area contributed by atoms with E-state index in [9.17, 15) is 0 Å². The minimum absolute atomic E-state index is 0.0604. The van der Waals surface area contributed by atoms with E-state index in [1.807, 2.05) is 18.3 Å². The summed E-state index contributed by atoms with van der Waals surface area (Å²) in [6, 6.07) is 4.00. The maximum atomic E-state index is 4.51. The van der Waals surface area contributed by atoms with Gasteiger partial charge in [-0.25, -0.2) is 4.98 Å². The lowest BCUT2D eigenvalue weighted by atomic mass is 10.1. The number of aromatic amines is 1. The third-order valence-corrected chi connectivity index (χ3v) is 2.62. The van der Waals surface area contributed by atoms with Crippen molar-refractivity contribution in [2.75, 3.05) is 5.32 Å². The number of thiazole rings is 1. The molecule has 2 N–H and O–H groups in total.